The van der Waals surface area contributed by atoms with Crippen LogP contribution in [0.1, 0.15) is 16.7 Å². The van der Waals surface area contributed by atoms with E-state index in [1.165, 1.54) is 0 Å². The number of ether oxygens (including phenoxy) is 3. The van der Waals surface area contributed by atoms with E-state index in [4.69, 9.17) is 14.2 Å². The first kappa shape index (κ1) is 20.4. The van der Waals surface area contributed by atoms with Gasteiger partial charge in [-0.05, 0) is 22.8 Å². The molecule has 3 atom stereocenters. The van der Waals surface area contributed by atoms with Crippen molar-refractivity contribution in [1.29, 1.82) is 0 Å². The van der Waals surface area contributed by atoms with E-state index in [9.17, 15) is 5.11 Å². The average molecular weight is 402 g/mol. The van der Waals surface area contributed by atoms with Crippen molar-refractivity contribution in [3.05, 3.63) is 120 Å². The number of aliphatic hydroxyl groups excluding tert-OH is 1. The Balaban J connectivity index is 1.78. The van der Waals surface area contributed by atoms with Crippen molar-refractivity contribution >= 4 is 0 Å². The van der Waals surface area contributed by atoms with Gasteiger partial charge in [-0.15, -0.1) is 0 Å². The van der Waals surface area contributed by atoms with Crippen LogP contribution in [-0.4, -0.2) is 37.1 Å². The lowest BCUT2D eigenvalue weighted by Gasteiger charge is -2.38. The topological polar surface area (TPSA) is 47.9 Å². The molecule has 0 amide bonds. The van der Waals surface area contributed by atoms with E-state index in [2.05, 4.69) is 36.4 Å². The van der Waals surface area contributed by atoms with Gasteiger partial charge < -0.3 is 19.3 Å². The smallest absolute Gasteiger partial charge is 0.150 e. The van der Waals surface area contributed by atoms with Gasteiger partial charge in [0.1, 0.15) is 23.9 Å². The van der Waals surface area contributed by atoms with Gasteiger partial charge >= 0.3 is 0 Å². The molecule has 0 saturated carbocycles. The van der Waals surface area contributed by atoms with Gasteiger partial charge in [0, 0.05) is 7.11 Å². The molecule has 1 aliphatic heterocycles. The van der Waals surface area contributed by atoms with E-state index in [1.807, 2.05) is 54.6 Å². The predicted octanol–water partition coefficient (Wildman–Crippen LogP) is 4.28. The molecule has 1 heterocycles. The molecule has 154 valence electrons. The van der Waals surface area contributed by atoms with Crippen LogP contribution in [0, 0.1) is 0 Å². The van der Waals surface area contributed by atoms with Crippen LogP contribution in [0.5, 0.6) is 0 Å². The van der Waals surface area contributed by atoms with E-state index >= 15 is 0 Å². The molecule has 0 aromatic heterocycles. The highest BCUT2D eigenvalue weighted by Crippen LogP contribution is 2.40. The molecule has 0 aliphatic carbocycles. The largest absolute Gasteiger partial charge is 0.493 e. The Morgan fingerprint density at radius 3 is 1.70 bits per heavy atom. The Bertz CT molecular complexity index is 844. The van der Waals surface area contributed by atoms with Gasteiger partial charge in [-0.25, -0.2) is 0 Å². The monoisotopic (exact) mass is 402 g/mol. The molecule has 4 heteroatoms. The Hall–Kier alpha value is -2.92. The highest BCUT2D eigenvalue weighted by molar-refractivity contribution is 5.47. The number of methoxy groups -OCH3 is 1. The molecule has 4 rings (SSSR count). The molecule has 30 heavy (non-hydrogen) atoms. The van der Waals surface area contributed by atoms with Gasteiger partial charge in [-0.2, -0.15) is 0 Å². The molecule has 4 nitrogen and oxygen atoms in total. The van der Waals surface area contributed by atoms with E-state index < -0.39 is 23.9 Å². The first-order valence-corrected chi connectivity index (χ1v) is 10.1. The van der Waals surface area contributed by atoms with Gasteiger partial charge in [0.25, 0.3) is 0 Å². The molecule has 1 aliphatic rings. The second-order valence-electron chi connectivity index (χ2n) is 7.28. The fourth-order valence-electron chi connectivity index (χ4n) is 3.96. The molecule has 0 radical (unpaired) electrons. The molecule has 3 aromatic carbocycles. The fourth-order valence-corrected chi connectivity index (χ4v) is 3.96. The van der Waals surface area contributed by atoms with Crippen LogP contribution in [0.4, 0.5) is 0 Å². The second kappa shape index (κ2) is 9.26. The Labute approximate surface area is 177 Å². The third-order valence-electron chi connectivity index (χ3n) is 5.52. The van der Waals surface area contributed by atoms with Gasteiger partial charge in [0.2, 0.25) is 0 Å². The zero-order chi connectivity index (χ0) is 20.8. The maximum absolute atomic E-state index is 10.7. The molecular weight excluding hydrogens is 376 g/mol. The van der Waals surface area contributed by atoms with Gasteiger partial charge in [-0.3, -0.25) is 0 Å². The van der Waals surface area contributed by atoms with Crippen LogP contribution in [0.3, 0.4) is 0 Å². The highest BCUT2D eigenvalue weighted by atomic mass is 16.6. The van der Waals surface area contributed by atoms with Crippen LogP contribution in [0.25, 0.3) is 0 Å². The lowest BCUT2D eigenvalue weighted by atomic mass is 9.80. The summed E-state index contributed by atoms with van der Waals surface area (Å²) in [5.74, 6) is 0. The van der Waals surface area contributed by atoms with E-state index in [-0.39, 0.29) is 6.61 Å². The molecule has 1 N–H and O–H groups in total. The molecule has 3 aromatic rings. The quantitative estimate of drug-likeness (QED) is 0.599. The summed E-state index contributed by atoms with van der Waals surface area (Å²) in [7, 11) is 1.57. The van der Waals surface area contributed by atoms with Crippen LogP contribution in [0.15, 0.2) is 103 Å². The summed E-state index contributed by atoms with van der Waals surface area (Å²) in [6, 6.07) is 30.4. The predicted molar refractivity (Wildman–Crippen MR) is 116 cm³/mol. The molecule has 0 unspecified atom stereocenters. The minimum Gasteiger partial charge on any atom is -0.493 e. The zero-order valence-electron chi connectivity index (χ0n) is 16.9. The number of benzene rings is 3. The van der Waals surface area contributed by atoms with Crippen molar-refractivity contribution in [1.82, 2.24) is 0 Å². The lowest BCUT2D eigenvalue weighted by molar-refractivity contribution is -0.121. The second-order valence-corrected chi connectivity index (χ2v) is 7.28. The van der Waals surface area contributed by atoms with Crippen LogP contribution >= 0.6 is 0 Å². The first-order valence-electron chi connectivity index (χ1n) is 10.1. The normalized spacial score (nSPS) is 21.2. The van der Waals surface area contributed by atoms with Crippen LogP contribution < -0.4 is 0 Å². The number of rotatable bonds is 7. The standard InChI is InChI=1S/C26H26O4/c1-28-23-17-18-29-24(25(23)27)19-30-26(20-11-5-2-6-12-20,21-13-7-3-8-14-21)22-15-9-4-10-16-22/h2-18,23-25,27H,19H2,1H3/t23-,24+,25+/m0/s1. The molecule has 0 fully saturated rings. The summed E-state index contributed by atoms with van der Waals surface area (Å²) in [5.41, 5.74) is 2.17. The summed E-state index contributed by atoms with van der Waals surface area (Å²) >= 11 is 0. The Kier molecular flexibility index (Phi) is 6.29. The first-order chi connectivity index (χ1) is 14.8. The summed E-state index contributed by atoms with van der Waals surface area (Å²) in [6.45, 7) is 0.185. The maximum atomic E-state index is 10.7. The fraction of sp³-hybridized carbons (Fsp3) is 0.231. The third kappa shape index (κ3) is 3.90. The minimum absolute atomic E-state index is 0.185. The Morgan fingerprint density at radius 2 is 1.27 bits per heavy atom. The van der Waals surface area contributed by atoms with Gasteiger partial charge in [0.15, 0.2) is 0 Å². The van der Waals surface area contributed by atoms with Crippen molar-refractivity contribution in [2.45, 2.75) is 23.9 Å². The van der Waals surface area contributed by atoms with E-state index in [0.29, 0.717) is 0 Å². The van der Waals surface area contributed by atoms with E-state index in [0.717, 1.165) is 16.7 Å². The third-order valence-corrected chi connectivity index (χ3v) is 5.52. The highest BCUT2D eigenvalue weighted by Gasteiger charge is 2.40. The van der Waals surface area contributed by atoms with Crippen molar-refractivity contribution in [3.63, 3.8) is 0 Å². The van der Waals surface area contributed by atoms with E-state index in [1.54, 1.807) is 19.4 Å². The zero-order valence-corrected chi connectivity index (χ0v) is 16.9. The number of aliphatic hydroxyl groups is 1. The maximum Gasteiger partial charge on any atom is 0.150 e. The van der Waals surface area contributed by atoms with Gasteiger partial charge in [-0.1, -0.05) is 91.0 Å². The van der Waals surface area contributed by atoms with Crippen LogP contribution in [0.2, 0.25) is 0 Å². The van der Waals surface area contributed by atoms with Crippen molar-refractivity contribution in [3.8, 4) is 0 Å². The van der Waals surface area contributed by atoms with Crippen molar-refractivity contribution in [2.24, 2.45) is 0 Å². The summed E-state index contributed by atoms with van der Waals surface area (Å²) in [5, 5.41) is 10.7. The van der Waals surface area contributed by atoms with Gasteiger partial charge in [0.05, 0.1) is 12.9 Å². The number of hydrogen-bond donors (Lipinski definition) is 1. The average Bonchev–Trinajstić information content (AvgIpc) is 2.82. The SMILES string of the molecule is CO[C@H]1C=CO[C@H](COC(c2ccccc2)(c2ccccc2)c2ccccc2)[C@@H]1O. The van der Waals surface area contributed by atoms with Crippen LogP contribution in [-0.2, 0) is 19.8 Å². The molecule has 0 saturated heterocycles. The molecule has 0 bridgehead atoms. The molecular formula is C26H26O4. The van der Waals surface area contributed by atoms with Crippen molar-refractivity contribution < 1.29 is 19.3 Å². The molecule has 0 spiro atoms. The Morgan fingerprint density at radius 1 is 0.800 bits per heavy atom. The lowest BCUT2D eigenvalue weighted by Crippen LogP contribution is -2.46. The summed E-state index contributed by atoms with van der Waals surface area (Å²) < 4.78 is 17.8. The summed E-state index contributed by atoms with van der Waals surface area (Å²) in [6.07, 6.45) is 1.49. The van der Waals surface area contributed by atoms with Crippen molar-refractivity contribution in [2.75, 3.05) is 13.7 Å². The number of hydrogen-bond acceptors (Lipinski definition) is 4. The summed E-state index contributed by atoms with van der Waals surface area (Å²) in [4.78, 5) is 0. The minimum atomic E-state index is -0.851.